The molecule has 0 bridgehead atoms. The number of carbonyl (C=O) groups excluding carboxylic acids is 1. The zero-order valence-corrected chi connectivity index (χ0v) is 17.9. The molecule has 0 radical (unpaired) electrons. The third kappa shape index (κ3) is 4.46. The Hall–Kier alpha value is -3.74. The number of hydrogen-bond donors (Lipinski definition) is 4. The number of aromatic hydroxyl groups is 1. The molecule has 0 aromatic heterocycles. The summed E-state index contributed by atoms with van der Waals surface area (Å²) >= 11 is 12.5. The molecule has 160 valence electrons. The maximum absolute atomic E-state index is 12.7. The average molecular weight is 467 g/mol. The van der Waals surface area contributed by atoms with E-state index >= 15 is 0 Å². The number of benzene rings is 4. The molecule has 0 saturated heterocycles. The van der Waals surface area contributed by atoms with Crippen LogP contribution in [0.4, 0.5) is 16.2 Å². The van der Waals surface area contributed by atoms with Gasteiger partial charge in [-0.2, -0.15) is 0 Å². The van der Waals surface area contributed by atoms with Crippen LogP contribution < -0.4 is 10.6 Å². The van der Waals surface area contributed by atoms with Crippen LogP contribution in [-0.2, 0) is 0 Å². The minimum absolute atomic E-state index is 0.0147. The second kappa shape index (κ2) is 8.78. The number of fused-ring (bicyclic) bond motifs is 1. The van der Waals surface area contributed by atoms with Crippen molar-refractivity contribution in [2.75, 3.05) is 10.6 Å². The number of hydrogen-bond acceptors (Lipinski definition) is 3. The summed E-state index contributed by atoms with van der Waals surface area (Å²) in [7, 11) is 0. The predicted molar refractivity (Wildman–Crippen MR) is 127 cm³/mol. The lowest BCUT2D eigenvalue weighted by Gasteiger charge is -2.14. The van der Waals surface area contributed by atoms with Crippen LogP contribution in [0.1, 0.15) is 10.4 Å². The van der Waals surface area contributed by atoms with Crippen LogP contribution >= 0.6 is 23.2 Å². The van der Waals surface area contributed by atoms with E-state index in [0.717, 1.165) is 11.1 Å². The molecule has 0 aliphatic carbocycles. The highest BCUT2D eigenvalue weighted by Crippen LogP contribution is 2.38. The molecular formula is C24H16Cl2N2O4. The Kier molecular flexibility index (Phi) is 5.90. The van der Waals surface area contributed by atoms with Gasteiger partial charge in [0.05, 0.1) is 21.3 Å². The molecule has 2 amide bonds. The number of halogens is 2. The number of anilines is 2. The van der Waals surface area contributed by atoms with Crippen LogP contribution in [-0.4, -0.2) is 22.2 Å². The first-order valence-corrected chi connectivity index (χ1v) is 10.2. The Morgan fingerprint density at radius 3 is 2.22 bits per heavy atom. The maximum atomic E-state index is 12.7. The number of urea groups is 1. The quantitative estimate of drug-likeness (QED) is 0.264. The molecule has 6 nitrogen and oxygen atoms in total. The number of carbonyl (C=O) groups is 2. The third-order valence-electron chi connectivity index (χ3n) is 4.85. The summed E-state index contributed by atoms with van der Waals surface area (Å²) in [6, 6.07) is 19.2. The Balaban J connectivity index is 1.57. The van der Waals surface area contributed by atoms with Crippen molar-refractivity contribution in [3.05, 3.63) is 88.4 Å². The number of carboxylic acid groups (broad SMARTS) is 1. The largest absolute Gasteiger partial charge is 0.508 e. The molecule has 0 aliphatic rings. The lowest BCUT2D eigenvalue weighted by atomic mass is 10.0. The van der Waals surface area contributed by atoms with Crippen molar-refractivity contribution < 1.29 is 19.8 Å². The van der Waals surface area contributed by atoms with Crippen molar-refractivity contribution in [2.24, 2.45) is 0 Å². The molecule has 0 heterocycles. The van der Waals surface area contributed by atoms with Crippen LogP contribution in [0.3, 0.4) is 0 Å². The molecule has 0 saturated carbocycles. The highest BCUT2D eigenvalue weighted by Gasteiger charge is 2.14. The van der Waals surface area contributed by atoms with Gasteiger partial charge in [0, 0.05) is 16.5 Å². The molecule has 0 fully saturated rings. The van der Waals surface area contributed by atoms with E-state index in [1.165, 1.54) is 30.3 Å². The summed E-state index contributed by atoms with van der Waals surface area (Å²) in [6.45, 7) is 0. The first-order valence-electron chi connectivity index (χ1n) is 9.44. The summed E-state index contributed by atoms with van der Waals surface area (Å²) < 4.78 is 0. The van der Waals surface area contributed by atoms with Crippen LogP contribution in [0.25, 0.3) is 21.9 Å². The predicted octanol–water partition coefficient (Wildman–Crippen LogP) is 6.86. The van der Waals surface area contributed by atoms with Gasteiger partial charge >= 0.3 is 12.0 Å². The fraction of sp³-hybridized carbons (Fsp3) is 0. The van der Waals surface area contributed by atoms with Crippen molar-refractivity contribution in [1.82, 2.24) is 0 Å². The van der Waals surface area contributed by atoms with E-state index in [1.807, 2.05) is 6.07 Å². The Morgan fingerprint density at radius 1 is 0.750 bits per heavy atom. The number of phenolic OH excluding ortho intramolecular Hbond substituents is 1. The maximum Gasteiger partial charge on any atom is 0.335 e. The van der Waals surface area contributed by atoms with Crippen molar-refractivity contribution >= 4 is 57.3 Å². The van der Waals surface area contributed by atoms with Gasteiger partial charge in [0.1, 0.15) is 5.75 Å². The minimum Gasteiger partial charge on any atom is -0.508 e. The number of phenols is 1. The number of carboxylic acids is 1. The van der Waals surface area contributed by atoms with Gasteiger partial charge in [-0.15, -0.1) is 0 Å². The van der Waals surface area contributed by atoms with Crippen molar-refractivity contribution in [2.45, 2.75) is 0 Å². The standard InChI is InChI=1S/C24H16Cl2N2O4/c25-20-12-21(26)22(19-11-17(29)8-9-18(19)20)28-24(32)27-16-3-1-2-15(10-16)13-4-6-14(7-5-13)23(30)31/h1-12,29H,(H,30,31)(H2,27,28,32). The molecule has 0 spiro atoms. The van der Waals surface area contributed by atoms with E-state index in [2.05, 4.69) is 10.6 Å². The molecule has 4 rings (SSSR count). The second-order valence-electron chi connectivity index (χ2n) is 6.99. The third-order valence-corrected chi connectivity index (χ3v) is 5.46. The van der Waals surface area contributed by atoms with Gasteiger partial charge in [-0.1, -0.05) is 47.5 Å². The van der Waals surface area contributed by atoms with Gasteiger partial charge in [0.2, 0.25) is 0 Å². The van der Waals surface area contributed by atoms with Crippen LogP contribution in [0, 0.1) is 0 Å². The van der Waals surface area contributed by atoms with Gasteiger partial charge in [-0.05, 0) is 59.7 Å². The first kappa shape index (κ1) is 21.5. The minimum atomic E-state index is -0.995. The van der Waals surface area contributed by atoms with Gasteiger partial charge in [-0.25, -0.2) is 9.59 Å². The fourth-order valence-corrected chi connectivity index (χ4v) is 3.91. The topological polar surface area (TPSA) is 98.7 Å². The highest BCUT2D eigenvalue weighted by atomic mass is 35.5. The lowest BCUT2D eigenvalue weighted by molar-refractivity contribution is 0.0697. The van der Waals surface area contributed by atoms with Gasteiger partial charge in [0.25, 0.3) is 0 Å². The summed E-state index contributed by atoms with van der Waals surface area (Å²) in [5, 5.41) is 26.1. The number of nitrogens with one attached hydrogen (secondary N) is 2. The fourth-order valence-electron chi connectivity index (χ4n) is 3.32. The summed E-state index contributed by atoms with van der Waals surface area (Å²) in [5.74, 6) is -0.980. The molecule has 4 aromatic carbocycles. The van der Waals surface area contributed by atoms with Gasteiger partial charge in [0.15, 0.2) is 0 Å². The van der Waals surface area contributed by atoms with Crippen LogP contribution in [0.5, 0.6) is 5.75 Å². The Morgan fingerprint density at radius 2 is 1.50 bits per heavy atom. The van der Waals surface area contributed by atoms with Crippen LogP contribution in [0.2, 0.25) is 10.0 Å². The SMILES string of the molecule is O=C(Nc1cccc(-c2ccc(C(=O)O)cc2)c1)Nc1c(Cl)cc(Cl)c2ccc(O)cc12. The normalized spacial score (nSPS) is 10.7. The zero-order valence-electron chi connectivity index (χ0n) is 16.4. The molecule has 32 heavy (non-hydrogen) atoms. The van der Waals surface area contributed by atoms with Crippen LogP contribution in [0.15, 0.2) is 72.8 Å². The van der Waals surface area contributed by atoms with Gasteiger partial charge in [-0.3, -0.25) is 0 Å². The molecule has 0 unspecified atom stereocenters. The highest BCUT2D eigenvalue weighted by molar-refractivity contribution is 6.41. The Bertz CT molecular complexity index is 1350. The molecule has 4 N–H and O–H groups in total. The number of rotatable bonds is 4. The van der Waals surface area contributed by atoms with E-state index < -0.39 is 12.0 Å². The zero-order chi connectivity index (χ0) is 22.8. The van der Waals surface area contributed by atoms with E-state index in [0.29, 0.717) is 27.2 Å². The van der Waals surface area contributed by atoms with Crippen molar-refractivity contribution in [3.63, 3.8) is 0 Å². The van der Waals surface area contributed by atoms with Crippen molar-refractivity contribution in [1.29, 1.82) is 0 Å². The monoisotopic (exact) mass is 466 g/mol. The second-order valence-corrected chi connectivity index (χ2v) is 7.80. The van der Waals surface area contributed by atoms with Gasteiger partial charge < -0.3 is 20.8 Å². The molecule has 0 aliphatic heterocycles. The molecule has 4 aromatic rings. The first-order chi connectivity index (χ1) is 15.3. The smallest absolute Gasteiger partial charge is 0.335 e. The molecule has 8 heteroatoms. The summed E-state index contributed by atoms with van der Waals surface area (Å²) in [4.78, 5) is 23.7. The van der Waals surface area contributed by atoms with E-state index in [9.17, 15) is 14.7 Å². The average Bonchev–Trinajstić information content (AvgIpc) is 2.76. The summed E-state index contributed by atoms with van der Waals surface area (Å²) in [5.41, 5.74) is 2.65. The molecule has 0 atom stereocenters. The van der Waals surface area contributed by atoms with E-state index in [1.54, 1.807) is 36.4 Å². The summed E-state index contributed by atoms with van der Waals surface area (Å²) in [6.07, 6.45) is 0. The lowest BCUT2D eigenvalue weighted by Crippen LogP contribution is -2.19. The van der Waals surface area contributed by atoms with E-state index in [4.69, 9.17) is 28.3 Å². The van der Waals surface area contributed by atoms with E-state index in [-0.39, 0.29) is 16.3 Å². The van der Waals surface area contributed by atoms with Crippen molar-refractivity contribution in [3.8, 4) is 16.9 Å². The number of amides is 2. The number of aromatic carboxylic acids is 1. The Labute approximate surface area is 193 Å². The molecular weight excluding hydrogens is 451 g/mol.